The highest BCUT2D eigenvalue weighted by Gasteiger charge is 2.53. The Hall–Kier alpha value is -0.683. The Morgan fingerprint density at radius 1 is 1.22 bits per heavy atom. The van der Waals surface area contributed by atoms with Crippen molar-refractivity contribution >= 4 is 8.32 Å². The van der Waals surface area contributed by atoms with Crippen molar-refractivity contribution in [2.24, 2.45) is 5.92 Å². The highest BCUT2D eigenvalue weighted by atomic mass is 28.4. The predicted octanol–water partition coefficient (Wildman–Crippen LogP) is 5.15. The van der Waals surface area contributed by atoms with Crippen molar-refractivity contribution in [2.45, 2.75) is 71.0 Å². The lowest BCUT2D eigenvalue weighted by atomic mass is 9.93. The van der Waals surface area contributed by atoms with E-state index < -0.39 is 14.1 Å². The number of hydroxylamine groups is 2. The molecule has 0 unspecified atom stereocenters. The molecule has 1 heterocycles. The number of rotatable bonds is 4. The molecule has 1 aliphatic heterocycles. The van der Waals surface area contributed by atoms with Gasteiger partial charge in [-0.1, -0.05) is 65.0 Å². The van der Waals surface area contributed by atoms with E-state index in [4.69, 9.17) is 9.26 Å². The van der Waals surface area contributed by atoms with Crippen LogP contribution in [0, 0.1) is 5.92 Å². The lowest BCUT2D eigenvalue weighted by molar-refractivity contribution is -0.278. The summed E-state index contributed by atoms with van der Waals surface area (Å²) in [5.41, 5.74) is 1.12. The fraction of sp³-hybridized carbons (Fsp3) is 0.684. The van der Waals surface area contributed by atoms with E-state index in [-0.39, 0.29) is 5.04 Å². The smallest absolute Gasteiger partial charge is 0.206 e. The first-order valence-corrected chi connectivity index (χ1v) is 11.6. The van der Waals surface area contributed by atoms with Crippen LogP contribution in [0.25, 0.3) is 0 Å². The zero-order valence-electron chi connectivity index (χ0n) is 16.0. The van der Waals surface area contributed by atoms with E-state index in [9.17, 15) is 0 Å². The lowest BCUT2D eigenvalue weighted by Gasteiger charge is -2.43. The van der Waals surface area contributed by atoms with Crippen LogP contribution in [0.5, 0.6) is 0 Å². The van der Waals surface area contributed by atoms with E-state index in [1.807, 2.05) is 18.2 Å². The second-order valence-electron chi connectivity index (χ2n) is 8.63. The van der Waals surface area contributed by atoms with Gasteiger partial charge in [0.1, 0.15) is 0 Å². The number of hydrogen-bond donors (Lipinski definition) is 0. The van der Waals surface area contributed by atoms with Gasteiger partial charge in [-0.2, -0.15) is 5.06 Å². The van der Waals surface area contributed by atoms with Crippen LogP contribution in [-0.2, 0) is 15.1 Å². The summed E-state index contributed by atoms with van der Waals surface area (Å²) < 4.78 is 6.86. The molecule has 0 radical (unpaired) electrons. The first-order valence-electron chi connectivity index (χ1n) is 8.66. The van der Waals surface area contributed by atoms with E-state index in [2.05, 4.69) is 72.0 Å². The molecule has 0 aliphatic carbocycles. The molecule has 1 saturated heterocycles. The summed E-state index contributed by atoms with van der Waals surface area (Å²) in [4.78, 5) is 6.39. The molecule has 0 N–H and O–H groups in total. The van der Waals surface area contributed by atoms with Crippen molar-refractivity contribution in [3.05, 3.63) is 35.9 Å². The second kappa shape index (κ2) is 6.32. The molecule has 1 aromatic carbocycles. The lowest BCUT2D eigenvalue weighted by Crippen LogP contribution is -2.48. The molecule has 4 heteroatoms. The summed E-state index contributed by atoms with van der Waals surface area (Å²) in [6, 6.07) is 10.8. The molecular formula is C19H33NO2Si. The zero-order valence-corrected chi connectivity index (χ0v) is 17.0. The van der Waals surface area contributed by atoms with Gasteiger partial charge in [0, 0.05) is 25.1 Å². The summed E-state index contributed by atoms with van der Waals surface area (Å²) in [7, 11) is 0.0614. The molecule has 1 aliphatic rings. The quantitative estimate of drug-likeness (QED) is 0.710. The first kappa shape index (κ1) is 18.7. The van der Waals surface area contributed by atoms with E-state index in [0.29, 0.717) is 12.0 Å². The molecule has 23 heavy (non-hydrogen) atoms. The van der Waals surface area contributed by atoms with Crippen LogP contribution in [0.3, 0.4) is 0 Å². The van der Waals surface area contributed by atoms with Crippen LogP contribution in [0.1, 0.15) is 46.6 Å². The van der Waals surface area contributed by atoms with Crippen molar-refractivity contribution in [3.8, 4) is 0 Å². The Morgan fingerprint density at radius 2 is 1.78 bits per heavy atom. The molecule has 2 rings (SSSR count). The summed E-state index contributed by atoms with van der Waals surface area (Å²) >= 11 is 0. The minimum atomic E-state index is -1.97. The molecular weight excluding hydrogens is 302 g/mol. The van der Waals surface area contributed by atoms with E-state index in [0.717, 1.165) is 12.0 Å². The van der Waals surface area contributed by atoms with Crippen molar-refractivity contribution in [1.29, 1.82) is 0 Å². The number of benzene rings is 1. The minimum absolute atomic E-state index is 0.145. The standard InChI is InChI=1S/C19H33NO2Si/c1-15(2)17-14-19(21-20(17)6,16-12-10-9-11-13-16)22-23(7,8)18(3,4)5/h9-13,15,17H,14H2,1-8H3/t17-,19-/m0/s1. The Labute approximate surface area is 143 Å². The highest BCUT2D eigenvalue weighted by molar-refractivity contribution is 6.74. The molecule has 0 amide bonds. The van der Waals surface area contributed by atoms with Gasteiger partial charge in [-0.3, -0.25) is 4.84 Å². The second-order valence-corrected chi connectivity index (χ2v) is 13.4. The molecule has 130 valence electrons. The summed E-state index contributed by atoms with van der Waals surface area (Å²) in [6.45, 7) is 15.9. The van der Waals surface area contributed by atoms with Gasteiger partial charge in [-0.05, 0) is 24.1 Å². The molecule has 0 saturated carbocycles. The SMILES string of the molecule is CC(C)[C@@H]1C[C@](O[Si](C)(C)C(C)(C)C)(c2ccccc2)ON1C. The van der Waals surface area contributed by atoms with Gasteiger partial charge < -0.3 is 4.43 Å². The van der Waals surface area contributed by atoms with E-state index >= 15 is 0 Å². The fourth-order valence-corrected chi connectivity index (χ4v) is 4.31. The van der Waals surface area contributed by atoms with Crippen LogP contribution in [0.15, 0.2) is 30.3 Å². The predicted molar refractivity (Wildman–Crippen MR) is 98.5 cm³/mol. The molecule has 1 fully saturated rings. The van der Waals surface area contributed by atoms with Crippen LogP contribution in [-0.4, -0.2) is 26.5 Å². The summed E-state index contributed by atoms with van der Waals surface area (Å²) in [6.07, 6.45) is 0.873. The molecule has 2 atom stereocenters. The first-order chi connectivity index (χ1) is 10.5. The van der Waals surface area contributed by atoms with Crippen molar-refractivity contribution in [1.82, 2.24) is 5.06 Å². The maximum absolute atomic E-state index is 6.86. The maximum Gasteiger partial charge on any atom is 0.206 e. The van der Waals surface area contributed by atoms with Crippen molar-refractivity contribution in [2.75, 3.05) is 7.05 Å². The normalized spacial score (nSPS) is 26.9. The Morgan fingerprint density at radius 3 is 2.22 bits per heavy atom. The van der Waals surface area contributed by atoms with Gasteiger partial charge in [-0.25, -0.2) is 0 Å². The third kappa shape index (κ3) is 3.71. The van der Waals surface area contributed by atoms with Gasteiger partial charge in [0.15, 0.2) is 8.32 Å². The Kier molecular flexibility index (Phi) is 5.12. The molecule has 0 aromatic heterocycles. The topological polar surface area (TPSA) is 21.7 Å². The van der Waals surface area contributed by atoms with Gasteiger partial charge in [0.05, 0.1) is 0 Å². The molecule has 0 spiro atoms. The van der Waals surface area contributed by atoms with Gasteiger partial charge in [0.2, 0.25) is 5.79 Å². The van der Waals surface area contributed by atoms with E-state index in [1.54, 1.807) is 0 Å². The summed E-state index contributed by atoms with van der Waals surface area (Å²) in [5, 5.41) is 2.15. The van der Waals surface area contributed by atoms with Gasteiger partial charge >= 0.3 is 0 Å². The van der Waals surface area contributed by atoms with Crippen molar-refractivity contribution in [3.63, 3.8) is 0 Å². The Bertz CT molecular complexity index is 524. The monoisotopic (exact) mass is 335 g/mol. The van der Waals surface area contributed by atoms with Crippen LogP contribution >= 0.6 is 0 Å². The number of hydrogen-bond acceptors (Lipinski definition) is 3. The fourth-order valence-electron chi connectivity index (χ4n) is 2.94. The average molecular weight is 336 g/mol. The molecule has 0 bridgehead atoms. The summed E-state index contributed by atoms with van der Waals surface area (Å²) in [5.74, 6) is -0.137. The van der Waals surface area contributed by atoms with Crippen molar-refractivity contribution < 1.29 is 9.26 Å². The Balaban J connectivity index is 2.43. The van der Waals surface area contributed by atoms with Crippen LogP contribution < -0.4 is 0 Å². The van der Waals surface area contributed by atoms with Crippen LogP contribution in [0.2, 0.25) is 18.1 Å². The maximum atomic E-state index is 6.86. The minimum Gasteiger partial charge on any atom is -0.385 e. The molecule has 3 nitrogen and oxygen atoms in total. The zero-order chi connectivity index (χ0) is 17.5. The van der Waals surface area contributed by atoms with Gasteiger partial charge in [-0.15, -0.1) is 0 Å². The largest absolute Gasteiger partial charge is 0.385 e. The highest BCUT2D eigenvalue weighted by Crippen LogP contribution is 2.48. The third-order valence-corrected chi connectivity index (χ3v) is 9.90. The van der Waals surface area contributed by atoms with Crippen LogP contribution in [0.4, 0.5) is 0 Å². The average Bonchev–Trinajstić information content (AvgIpc) is 2.76. The number of nitrogens with zero attached hydrogens (tertiary/aromatic N) is 1. The third-order valence-electron chi connectivity index (χ3n) is 5.45. The van der Waals surface area contributed by atoms with Gasteiger partial charge in [0.25, 0.3) is 0 Å². The molecule has 1 aromatic rings. The van der Waals surface area contributed by atoms with E-state index in [1.165, 1.54) is 0 Å².